The van der Waals surface area contributed by atoms with E-state index < -0.39 is 23.5 Å². The average Bonchev–Trinajstić information content (AvgIpc) is 3.34. The number of hydrogen-bond donors (Lipinski definition) is 1. The van der Waals surface area contributed by atoms with Gasteiger partial charge in [0.15, 0.2) is 11.5 Å². The molecular weight excluding hydrogens is 352 g/mol. The van der Waals surface area contributed by atoms with Crippen LogP contribution in [0.2, 0.25) is 0 Å². The normalized spacial score (nSPS) is 17.9. The third kappa shape index (κ3) is 3.63. The highest BCUT2D eigenvalue weighted by Gasteiger charge is 2.43. The van der Waals surface area contributed by atoms with Gasteiger partial charge in [-0.25, -0.2) is 0 Å². The van der Waals surface area contributed by atoms with Gasteiger partial charge in [0.05, 0.1) is 17.9 Å². The van der Waals surface area contributed by atoms with Gasteiger partial charge in [-0.15, -0.1) is 11.3 Å². The maximum absolute atomic E-state index is 12.8. The second-order valence-corrected chi connectivity index (χ2v) is 7.17. The Morgan fingerprint density at radius 3 is 2.81 bits per heavy atom. The highest BCUT2D eigenvalue weighted by Crippen LogP contribution is 2.39. The number of amides is 1. The standard InChI is InChI=1S/C19H20N2O4S/c1-20(2)9-10-21-17(15-6-4-12-26-15)16(18(23)19(21)24)14(22)8-7-13-5-3-11-25-13/h3-8,11-12,17,23H,9-10H2,1-2H3. The summed E-state index contributed by atoms with van der Waals surface area (Å²) >= 11 is 1.45. The summed E-state index contributed by atoms with van der Waals surface area (Å²) in [4.78, 5) is 29.7. The van der Waals surface area contributed by atoms with Crippen molar-refractivity contribution in [1.29, 1.82) is 0 Å². The Hall–Kier alpha value is -2.64. The first-order valence-electron chi connectivity index (χ1n) is 8.17. The first-order chi connectivity index (χ1) is 12.5. The van der Waals surface area contributed by atoms with Gasteiger partial charge in [-0.3, -0.25) is 9.59 Å². The topological polar surface area (TPSA) is 74.0 Å². The largest absolute Gasteiger partial charge is 0.503 e. The van der Waals surface area contributed by atoms with Gasteiger partial charge in [0.1, 0.15) is 5.76 Å². The average molecular weight is 372 g/mol. The molecule has 136 valence electrons. The number of likely N-dealkylation sites (N-methyl/N-ethyl adjacent to an activating group) is 1. The second kappa shape index (κ2) is 7.72. The van der Waals surface area contributed by atoms with Crippen molar-refractivity contribution in [3.63, 3.8) is 0 Å². The lowest BCUT2D eigenvalue weighted by atomic mass is 10.0. The summed E-state index contributed by atoms with van der Waals surface area (Å²) in [6.07, 6.45) is 4.37. The number of carbonyl (C=O) groups is 2. The van der Waals surface area contributed by atoms with E-state index in [-0.39, 0.29) is 5.57 Å². The molecule has 1 amide bonds. The number of aliphatic hydroxyl groups is 1. The number of allylic oxidation sites excluding steroid dienone is 1. The number of furan rings is 1. The summed E-state index contributed by atoms with van der Waals surface area (Å²) in [6.45, 7) is 1.04. The third-order valence-corrected chi connectivity index (χ3v) is 5.04. The fourth-order valence-electron chi connectivity index (χ4n) is 2.82. The van der Waals surface area contributed by atoms with E-state index in [1.165, 1.54) is 29.8 Å². The van der Waals surface area contributed by atoms with E-state index in [1.807, 2.05) is 36.5 Å². The van der Waals surface area contributed by atoms with E-state index in [4.69, 9.17) is 4.42 Å². The van der Waals surface area contributed by atoms with E-state index in [1.54, 1.807) is 17.0 Å². The van der Waals surface area contributed by atoms with Crippen LogP contribution >= 0.6 is 11.3 Å². The van der Waals surface area contributed by atoms with Gasteiger partial charge in [-0.1, -0.05) is 6.07 Å². The van der Waals surface area contributed by atoms with Crippen molar-refractivity contribution >= 4 is 29.1 Å². The summed E-state index contributed by atoms with van der Waals surface area (Å²) in [5.41, 5.74) is 0.110. The van der Waals surface area contributed by atoms with Crippen LogP contribution in [0.15, 0.2) is 57.7 Å². The molecule has 0 bridgehead atoms. The maximum Gasteiger partial charge on any atom is 0.290 e. The highest BCUT2D eigenvalue weighted by molar-refractivity contribution is 7.10. The molecule has 1 N–H and O–H groups in total. The predicted octanol–water partition coefficient (Wildman–Crippen LogP) is 2.88. The lowest BCUT2D eigenvalue weighted by molar-refractivity contribution is -0.129. The molecule has 0 aliphatic carbocycles. The Labute approximate surface area is 155 Å². The Bertz CT molecular complexity index is 835. The molecule has 26 heavy (non-hydrogen) atoms. The monoisotopic (exact) mass is 372 g/mol. The van der Waals surface area contributed by atoms with E-state index >= 15 is 0 Å². The Morgan fingerprint density at radius 1 is 1.38 bits per heavy atom. The van der Waals surface area contributed by atoms with Gasteiger partial charge >= 0.3 is 0 Å². The molecule has 3 heterocycles. The molecule has 1 aliphatic heterocycles. The van der Waals surface area contributed by atoms with Gasteiger partial charge in [-0.2, -0.15) is 0 Å². The molecule has 0 fully saturated rings. The van der Waals surface area contributed by atoms with Crippen LogP contribution in [0.4, 0.5) is 0 Å². The third-order valence-electron chi connectivity index (χ3n) is 4.11. The van der Waals surface area contributed by atoms with Crippen molar-refractivity contribution in [1.82, 2.24) is 9.80 Å². The van der Waals surface area contributed by atoms with Gasteiger partial charge in [0, 0.05) is 18.0 Å². The van der Waals surface area contributed by atoms with Crippen LogP contribution in [0, 0.1) is 0 Å². The molecule has 1 atom stereocenters. The van der Waals surface area contributed by atoms with Crippen molar-refractivity contribution in [3.05, 3.63) is 64.0 Å². The van der Waals surface area contributed by atoms with E-state index in [9.17, 15) is 14.7 Å². The van der Waals surface area contributed by atoms with Crippen LogP contribution in [0.1, 0.15) is 16.7 Å². The van der Waals surface area contributed by atoms with Crippen LogP contribution in [-0.2, 0) is 9.59 Å². The molecule has 3 rings (SSSR count). The minimum Gasteiger partial charge on any atom is -0.503 e. The molecule has 0 saturated carbocycles. The first-order valence-corrected chi connectivity index (χ1v) is 9.05. The quantitative estimate of drug-likeness (QED) is 0.757. The van der Waals surface area contributed by atoms with Crippen molar-refractivity contribution in [2.24, 2.45) is 0 Å². The number of carbonyl (C=O) groups excluding carboxylic acids is 2. The minimum absolute atomic E-state index is 0.110. The Morgan fingerprint density at radius 2 is 2.19 bits per heavy atom. The molecule has 2 aromatic rings. The number of nitrogens with zero attached hydrogens (tertiary/aromatic N) is 2. The predicted molar refractivity (Wildman–Crippen MR) is 99.7 cm³/mol. The highest BCUT2D eigenvalue weighted by atomic mass is 32.1. The fraction of sp³-hybridized carbons (Fsp3) is 0.263. The summed E-state index contributed by atoms with van der Waals surface area (Å²) in [6, 6.07) is 6.60. The molecule has 0 saturated heterocycles. The van der Waals surface area contributed by atoms with Crippen molar-refractivity contribution in [2.45, 2.75) is 6.04 Å². The van der Waals surface area contributed by atoms with Crippen LogP contribution in [0.25, 0.3) is 6.08 Å². The molecular formula is C19H20N2O4S. The number of hydrogen-bond acceptors (Lipinski definition) is 6. The van der Waals surface area contributed by atoms with Gasteiger partial charge < -0.3 is 19.3 Å². The molecule has 0 radical (unpaired) electrons. The van der Waals surface area contributed by atoms with Crippen molar-refractivity contribution in [3.8, 4) is 0 Å². The minimum atomic E-state index is -0.573. The van der Waals surface area contributed by atoms with Crippen molar-refractivity contribution < 1.29 is 19.1 Å². The smallest absolute Gasteiger partial charge is 0.290 e. The lowest BCUT2D eigenvalue weighted by Gasteiger charge is -2.26. The molecule has 1 aliphatic rings. The number of rotatable bonds is 7. The molecule has 0 aromatic carbocycles. The molecule has 1 unspecified atom stereocenters. The number of ketones is 1. The van der Waals surface area contributed by atoms with Gasteiger partial charge in [0.2, 0.25) is 0 Å². The molecule has 0 spiro atoms. The first kappa shape index (κ1) is 18.2. The Kier molecular flexibility index (Phi) is 5.39. The van der Waals surface area contributed by atoms with Crippen LogP contribution in [0.5, 0.6) is 0 Å². The summed E-state index contributed by atoms with van der Waals surface area (Å²) in [5.74, 6) is -0.867. The van der Waals surface area contributed by atoms with Crippen LogP contribution in [-0.4, -0.2) is 53.8 Å². The summed E-state index contributed by atoms with van der Waals surface area (Å²) in [7, 11) is 3.82. The molecule has 2 aromatic heterocycles. The van der Waals surface area contributed by atoms with E-state index in [0.29, 0.717) is 18.8 Å². The number of aliphatic hydroxyl groups excluding tert-OH is 1. The Balaban J connectivity index is 1.92. The fourth-order valence-corrected chi connectivity index (χ4v) is 3.67. The van der Waals surface area contributed by atoms with E-state index in [2.05, 4.69) is 0 Å². The van der Waals surface area contributed by atoms with Crippen molar-refractivity contribution in [2.75, 3.05) is 27.2 Å². The zero-order chi connectivity index (χ0) is 18.7. The van der Waals surface area contributed by atoms with Crippen LogP contribution < -0.4 is 0 Å². The zero-order valence-corrected chi connectivity index (χ0v) is 15.4. The van der Waals surface area contributed by atoms with Gasteiger partial charge in [0.25, 0.3) is 5.91 Å². The molecule has 7 heteroatoms. The number of thiophene rings is 1. The maximum atomic E-state index is 12.8. The van der Waals surface area contributed by atoms with Gasteiger partial charge in [-0.05, 0) is 49.8 Å². The molecule has 6 nitrogen and oxygen atoms in total. The van der Waals surface area contributed by atoms with Crippen LogP contribution in [0.3, 0.4) is 0 Å². The zero-order valence-electron chi connectivity index (χ0n) is 14.6. The second-order valence-electron chi connectivity index (χ2n) is 6.20. The van der Waals surface area contributed by atoms with E-state index in [0.717, 1.165) is 4.88 Å². The summed E-state index contributed by atoms with van der Waals surface area (Å²) < 4.78 is 5.18. The summed E-state index contributed by atoms with van der Waals surface area (Å²) in [5, 5.41) is 12.3. The SMILES string of the molecule is CN(C)CCN1C(=O)C(O)=C(C(=O)C=Cc2ccco2)C1c1cccs1. The lowest BCUT2D eigenvalue weighted by Crippen LogP contribution is -2.36.